The van der Waals surface area contributed by atoms with Gasteiger partial charge in [0.2, 0.25) is 15.9 Å². The molecular formula is C7H14N2O4S. The number of nitrogens with zero attached hydrogens (tertiary/aromatic N) is 1. The van der Waals surface area contributed by atoms with Crippen molar-refractivity contribution in [3.05, 3.63) is 0 Å². The van der Waals surface area contributed by atoms with Crippen LogP contribution in [0.2, 0.25) is 0 Å². The molecule has 2 N–H and O–H groups in total. The highest BCUT2D eigenvalue weighted by molar-refractivity contribution is 7.90. The van der Waals surface area contributed by atoms with E-state index >= 15 is 0 Å². The second-order valence-electron chi connectivity index (χ2n) is 3.10. The van der Waals surface area contributed by atoms with Crippen LogP contribution in [-0.2, 0) is 19.6 Å². The van der Waals surface area contributed by atoms with Gasteiger partial charge in [-0.2, -0.15) is 4.31 Å². The number of carbonyl (C=O) groups excluding carboxylic acids is 1. The van der Waals surface area contributed by atoms with Crippen molar-refractivity contribution >= 4 is 15.9 Å². The van der Waals surface area contributed by atoms with Gasteiger partial charge in [0.25, 0.3) is 0 Å². The third kappa shape index (κ3) is 2.23. The first-order valence-corrected chi connectivity index (χ1v) is 5.82. The average Bonchev–Trinajstić information content (AvgIpc) is 2.18. The number of nitrogens with two attached hydrogens (primary N) is 1. The summed E-state index contributed by atoms with van der Waals surface area (Å²) in [5.41, 5.74) is 4.95. The van der Waals surface area contributed by atoms with E-state index in [1.165, 1.54) is 11.2 Å². The summed E-state index contributed by atoms with van der Waals surface area (Å²) in [6.07, 6.45) is 0. The van der Waals surface area contributed by atoms with Gasteiger partial charge in [-0.3, -0.25) is 4.79 Å². The highest BCUT2D eigenvalue weighted by atomic mass is 32.2. The van der Waals surface area contributed by atoms with Gasteiger partial charge >= 0.3 is 0 Å². The zero-order valence-corrected chi connectivity index (χ0v) is 8.79. The smallest absolute Gasteiger partial charge is 0.236 e. The first-order valence-electron chi connectivity index (χ1n) is 4.32. The molecular weight excluding hydrogens is 208 g/mol. The molecule has 1 atom stereocenters. The summed E-state index contributed by atoms with van der Waals surface area (Å²) < 4.78 is 29.6. The van der Waals surface area contributed by atoms with Gasteiger partial charge in [0.05, 0.1) is 13.2 Å². The molecule has 0 aromatic heterocycles. The Balaban J connectivity index is 2.78. The number of hydrogen-bond donors (Lipinski definition) is 1. The molecule has 0 aliphatic carbocycles. The summed E-state index contributed by atoms with van der Waals surface area (Å²) in [7, 11) is -3.58. The first kappa shape index (κ1) is 11.4. The number of primary amides is 1. The summed E-state index contributed by atoms with van der Waals surface area (Å²) in [5.74, 6) is -0.823. The van der Waals surface area contributed by atoms with Crippen LogP contribution >= 0.6 is 0 Å². The molecule has 0 radical (unpaired) electrons. The van der Waals surface area contributed by atoms with E-state index in [0.29, 0.717) is 26.3 Å². The highest BCUT2D eigenvalue weighted by Gasteiger charge is 2.33. The van der Waals surface area contributed by atoms with Crippen LogP contribution in [0.3, 0.4) is 0 Å². The molecule has 1 fully saturated rings. The minimum atomic E-state index is -3.58. The van der Waals surface area contributed by atoms with Crippen molar-refractivity contribution in [1.82, 2.24) is 4.31 Å². The molecule has 6 nitrogen and oxygen atoms in total. The molecule has 14 heavy (non-hydrogen) atoms. The number of morpholine rings is 1. The van der Waals surface area contributed by atoms with E-state index in [1.807, 2.05) is 0 Å². The molecule has 1 amide bonds. The Morgan fingerprint density at radius 2 is 1.93 bits per heavy atom. The molecule has 0 bridgehead atoms. The molecule has 1 rings (SSSR count). The summed E-state index contributed by atoms with van der Waals surface area (Å²) in [6.45, 7) is 2.61. The molecule has 1 saturated heterocycles. The first-order chi connectivity index (χ1) is 6.46. The third-order valence-corrected chi connectivity index (χ3v) is 4.39. The quantitative estimate of drug-likeness (QED) is 0.630. The van der Waals surface area contributed by atoms with Crippen molar-refractivity contribution in [3.63, 3.8) is 0 Å². The van der Waals surface area contributed by atoms with Crippen LogP contribution in [0.25, 0.3) is 0 Å². The molecule has 1 heterocycles. The van der Waals surface area contributed by atoms with Crippen molar-refractivity contribution in [1.29, 1.82) is 0 Å². The van der Waals surface area contributed by atoms with E-state index in [0.717, 1.165) is 0 Å². The minimum absolute atomic E-state index is 0.292. The summed E-state index contributed by atoms with van der Waals surface area (Å²) >= 11 is 0. The predicted molar refractivity (Wildman–Crippen MR) is 50.0 cm³/mol. The van der Waals surface area contributed by atoms with Crippen LogP contribution < -0.4 is 5.73 Å². The predicted octanol–water partition coefficient (Wildman–Crippen LogP) is -1.48. The lowest BCUT2D eigenvalue weighted by Gasteiger charge is -2.27. The Bertz CT molecular complexity index is 308. The zero-order chi connectivity index (χ0) is 10.8. The average molecular weight is 222 g/mol. The van der Waals surface area contributed by atoms with Crippen LogP contribution in [0.5, 0.6) is 0 Å². The molecule has 7 heteroatoms. The lowest BCUT2D eigenvalue weighted by molar-refractivity contribution is -0.117. The maximum absolute atomic E-state index is 11.7. The molecule has 82 valence electrons. The fourth-order valence-corrected chi connectivity index (χ4v) is 2.57. The molecule has 1 aliphatic rings. The maximum Gasteiger partial charge on any atom is 0.236 e. The Morgan fingerprint density at radius 1 is 1.43 bits per heavy atom. The van der Waals surface area contributed by atoms with Crippen molar-refractivity contribution in [3.8, 4) is 0 Å². The minimum Gasteiger partial charge on any atom is -0.379 e. The van der Waals surface area contributed by atoms with E-state index in [-0.39, 0.29) is 0 Å². The van der Waals surface area contributed by atoms with Crippen LogP contribution in [0.4, 0.5) is 0 Å². The maximum atomic E-state index is 11.7. The van der Waals surface area contributed by atoms with E-state index in [1.54, 1.807) is 0 Å². The van der Waals surface area contributed by atoms with Gasteiger partial charge in [-0.1, -0.05) is 0 Å². The van der Waals surface area contributed by atoms with Crippen LogP contribution in [0.15, 0.2) is 0 Å². The Labute approximate surface area is 83.1 Å². The molecule has 0 aromatic rings. The van der Waals surface area contributed by atoms with Gasteiger partial charge in [0.15, 0.2) is 5.25 Å². The fraction of sp³-hybridized carbons (Fsp3) is 0.857. The molecule has 0 spiro atoms. The standard InChI is InChI=1S/C7H14N2O4S/c1-6(7(8)10)14(11,12)9-2-4-13-5-3-9/h6H,2-5H2,1H3,(H2,8,10). The van der Waals surface area contributed by atoms with Crippen molar-refractivity contribution in [2.45, 2.75) is 12.2 Å². The van der Waals surface area contributed by atoms with Gasteiger partial charge in [-0.15, -0.1) is 0 Å². The molecule has 0 saturated carbocycles. The van der Waals surface area contributed by atoms with Crippen LogP contribution in [-0.4, -0.2) is 50.2 Å². The summed E-state index contributed by atoms with van der Waals surface area (Å²) in [5, 5.41) is -1.17. The third-order valence-electron chi connectivity index (χ3n) is 2.18. The molecule has 0 aromatic carbocycles. The normalized spacial score (nSPS) is 21.8. The Hall–Kier alpha value is -0.660. The second kappa shape index (κ2) is 4.24. The molecule has 1 unspecified atom stereocenters. The monoisotopic (exact) mass is 222 g/mol. The Kier molecular flexibility index (Phi) is 3.46. The topological polar surface area (TPSA) is 89.7 Å². The fourth-order valence-electron chi connectivity index (χ4n) is 1.17. The van der Waals surface area contributed by atoms with E-state index < -0.39 is 21.2 Å². The van der Waals surface area contributed by atoms with Gasteiger partial charge in [0.1, 0.15) is 0 Å². The van der Waals surface area contributed by atoms with Crippen molar-refractivity contribution in [2.75, 3.05) is 26.3 Å². The summed E-state index contributed by atoms with van der Waals surface area (Å²) in [4.78, 5) is 10.8. The van der Waals surface area contributed by atoms with E-state index in [4.69, 9.17) is 10.5 Å². The van der Waals surface area contributed by atoms with E-state index in [2.05, 4.69) is 0 Å². The number of hydrogen-bond acceptors (Lipinski definition) is 4. The van der Waals surface area contributed by atoms with E-state index in [9.17, 15) is 13.2 Å². The largest absolute Gasteiger partial charge is 0.379 e. The SMILES string of the molecule is CC(C(N)=O)S(=O)(=O)N1CCOCC1. The lowest BCUT2D eigenvalue weighted by atomic mass is 10.5. The van der Waals surface area contributed by atoms with Gasteiger partial charge in [0, 0.05) is 13.1 Å². The molecule has 1 aliphatic heterocycles. The lowest BCUT2D eigenvalue weighted by Crippen LogP contribution is -2.48. The van der Waals surface area contributed by atoms with Crippen molar-refractivity contribution in [2.24, 2.45) is 5.73 Å². The Morgan fingerprint density at radius 3 is 2.36 bits per heavy atom. The van der Waals surface area contributed by atoms with Gasteiger partial charge in [-0.05, 0) is 6.92 Å². The number of amides is 1. The number of rotatable bonds is 3. The highest BCUT2D eigenvalue weighted by Crippen LogP contribution is 2.10. The zero-order valence-electron chi connectivity index (χ0n) is 7.97. The van der Waals surface area contributed by atoms with Gasteiger partial charge < -0.3 is 10.5 Å². The number of ether oxygens (including phenoxy) is 1. The number of carbonyl (C=O) groups is 1. The second-order valence-corrected chi connectivity index (χ2v) is 5.35. The van der Waals surface area contributed by atoms with Crippen LogP contribution in [0, 0.1) is 0 Å². The van der Waals surface area contributed by atoms with Crippen LogP contribution in [0.1, 0.15) is 6.92 Å². The number of sulfonamides is 1. The summed E-state index contributed by atoms with van der Waals surface area (Å²) in [6, 6.07) is 0. The van der Waals surface area contributed by atoms with Crippen molar-refractivity contribution < 1.29 is 17.9 Å². The van der Waals surface area contributed by atoms with Gasteiger partial charge in [-0.25, -0.2) is 8.42 Å².